The van der Waals surface area contributed by atoms with Gasteiger partial charge in [-0.15, -0.1) is 6.58 Å². The zero-order valence-corrected chi connectivity index (χ0v) is 10.6. The zero-order valence-electron chi connectivity index (χ0n) is 9.78. The van der Waals surface area contributed by atoms with Crippen molar-refractivity contribution >= 4 is 10.0 Å². The van der Waals surface area contributed by atoms with Crippen LogP contribution in [0, 0.1) is 11.3 Å². The van der Waals surface area contributed by atoms with Crippen molar-refractivity contribution in [3.63, 3.8) is 0 Å². The minimum absolute atomic E-state index is 0.0728. The van der Waals surface area contributed by atoms with Gasteiger partial charge in [0, 0.05) is 18.8 Å². The summed E-state index contributed by atoms with van der Waals surface area (Å²) in [5.74, 6) is 0. The standard InChI is InChI=1S/C12H13N3O2S/c1-2-7-15(11-4-5-11)18(16,17)12-6-3-10(8-13)14-9-12/h2-3,6,9,11H,1,4-5,7H2. The third-order valence-electron chi connectivity index (χ3n) is 2.72. The van der Waals surface area contributed by atoms with Crippen LogP contribution in [-0.2, 0) is 10.0 Å². The predicted molar refractivity (Wildman–Crippen MR) is 66.1 cm³/mol. The Morgan fingerprint density at radius 3 is 2.72 bits per heavy atom. The van der Waals surface area contributed by atoms with E-state index in [1.807, 2.05) is 6.07 Å². The Morgan fingerprint density at radius 2 is 2.28 bits per heavy atom. The summed E-state index contributed by atoms with van der Waals surface area (Å²) in [5, 5.41) is 8.64. The second-order valence-electron chi connectivity index (χ2n) is 4.09. The molecule has 0 bridgehead atoms. The second-order valence-corrected chi connectivity index (χ2v) is 5.98. The lowest BCUT2D eigenvalue weighted by Gasteiger charge is -2.19. The Kier molecular flexibility index (Phi) is 3.45. The summed E-state index contributed by atoms with van der Waals surface area (Å²) in [7, 11) is -3.53. The van der Waals surface area contributed by atoms with E-state index in [1.54, 1.807) is 6.08 Å². The average Bonchev–Trinajstić information content (AvgIpc) is 3.20. The molecule has 0 N–H and O–H groups in total. The Labute approximate surface area is 106 Å². The van der Waals surface area contributed by atoms with Crippen molar-refractivity contribution in [3.8, 4) is 6.07 Å². The van der Waals surface area contributed by atoms with Crippen LogP contribution < -0.4 is 0 Å². The highest BCUT2D eigenvalue weighted by Gasteiger charge is 2.37. The number of pyridine rings is 1. The minimum Gasteiger partial charge on any atom is -0.244 e. The number of hydrogen-bond acceptors (Lipinski definition) is 4. The summed E-state index contributed by atoms with van der Waals surface area (Å²) in [6, 6.07) is 4.76. The van der Waals surface area contributed by atoms with Crippen LogP contribution in [-0.4, -0.2) is 30.3 Å². The topological polar surface area (TPSA) is 74.1 Å². The van der Waals surface area contributed by atoms with E-state index < -0.39 is 10.0 Å². The lowest BCUT2D eigenvalue weighted by atomic mass is 10.4. The molecule has 6 heteroatoms. The van der Waals surface area contributed by atoms with Gasteiger partial charge >= 0.3 is 0 Å². The van der Waals surface area contributed by atoms with Crippen LogP contribution in [0.2, 0.25) is 0 Å². The van der Waals surface area contributed by atoms with Crippen LogP contribution in [0.25, 0.3) is 0 Å². The molecule has 1 saturated carbocycles. The monoisotopic (exact) mass is 263 g/mol. The van der Waals surface area contributed by atoms with Gasteiger partial charge in [-0.1, -0.05) is 6.08 Å². The van der Waals surface area contributed by atoms with E-state index in [1.165, 1.54) is 22.6 Å². The largest absolute Gasteiger partial charge is 0.245 e. The highest BCUT2D eigenvalue weighted by molar-refractivity contribution is 7.89. The lowest BCUT2D eigenvalue weighted by molar-refractivity contribution is 0.435. The maximum Gasteiger partial charge on any atom is 0.245 e. The molecule has 0 unspecified atom stereocenters. The number of aromatic nitrogens is 1. The van der Waals surface area contributed by atoms with Crippen LogP contribution in [0.3, 0.4) is 0 Å². The predicted octanol–water partition coefficient (Wildman–Crippen LogP) is 1.29. The molecular weight excluding hydrogens is 250 g/mol. The summed E-state index contributed by atoms with van der Waals surface area (Å²) in [4.78, 5) is 3.91. The summed E-state index contributed by atoms with van der Waals surface area (Å²) in [6.45, 7) is 3.88. The first-order chi connectivity index (χ1) is 8.59. The van der Waals surface area contributed by atoms with E-state index in [0.717, 1.165) is 12.8 Å². The third-order valence-corrected chi connectivity index (χ3v) is 4.62. The Hall–Kier alpha value is -1.71. The number of rotatable bonds is 5. The number of nitriles is 1. The van der Waals surface area contributed by atoms with E-state index in [9.17, 15) is 8.42 Å². The molecule has 18 heavy (non-hydrogen) atoms. The fraction of sp³-hybridized carbons (Fsp3) is 0.333. The Balaban J connectivity index is 2.33. The van der Waals surface area contributed by atoms with Crippen LogP contribution in [0.5, 0.6) is 0 Å². The van der Waals surface area contributed by atoms with E-state index in [-0.39, 0.29) is 16.6 Å². The molecule has 94 valence electrons. The molecule has 5 nitrogen and oxygen atoms in total. The third kappa shape index (κ3) is 2.42. The van der Waals surface area contributed by atoms with Crippen LogP contribution in [0.1, 0.15) is 18.5 Å². The first-order valence-corrected chi connectivity index (χ1v) is 7.02. The summed E-state index contributed by atoms with van der Waals surface area (Å²) in [5.41, 5.74) is 0.204. The van der Waals surface area contributed by atoms with Crippen LogP contribution in [0.15, 0.2) is 35.9 Å². The van der Waals surface area contributed by atoms with Gasteiger partial charge in [0.1, 0.15) is 16.7 Å². The molecule has 0 aromatic carbocycles. The molecule has 0 spiro atoms. The number of nitrogens with zero attached hydrogens (tertiary/aromatic N) is 3. The minimum atomic E-state index is -3.53. The van der Waals surface area contributed by atoms with E-state index in [4.69, 9.17) is 5.26 Å². The van der Waals surface area contributed by atoms with Gasteiger partial charge in [-0.05, 0) is 25.0 Å². The molecule has 1 aliphatic rings. The van der Waals surface area contributed by atoms with Crippen molar-refractivity contribution in [1.82, 2.24) is 9.29 Å². The quantitative estimate of drug-likeness (QED) is 0.750. The molecule has 0 radical (unpaired) electrons. The van der Waals surface area contributed by atoms with Gasteiger partial charge in [-0.2, -0.15) is 9.57 Å². The highest BCUT2D eigenvalue weighted by atomic mass is 32.2. The van der Waals surface area contributed by atoms with Crippen molar-refractivity contribution in [2.45, 2.75) is 23.8 Å². The smallest absolute Gasteiger partial charge is 0.244 e. The average molecular weight is 263 g/mol. The van der Waals surface area contributed by atoms with Crippen molar-refractivity contribution in [2.75, 3.05) is 6.54 Å². The first kappa shape index (κ1) is 12.7. The SMILES string of the molecule is C=CCN(C1CC1)S(=O)(=O)c1ccc(C#N)nc1. The molecule has 0 amide bonds. The van der Waals surface area contributed by atoms with Crippen molar-refractivity contribution in [1.29, 1.82) is 5.26 Å². The maximum absolute atomic E-state index is 12.4. The van der Waals surface area contributed by atoms with Gasteiger partial charge in [0.2, 0.25) is 10.0 Å². The van der Waals surface area contributed by atoms with Gasteiger partial charge in [0.15, 0.2) is 0 Å². The molecule has 1 aliphatic carbocycles. The van der Waals surface area contributed by atoms with Gasteiger partial charge in [-0.25, -0.2) is 13.4 Å². The highest BCUT2D eigenvalue weighted by Crippen LogP contribution is 2.31. The molecule has 1 aromatic heterocycles. The van der Waals surface area contributed by atoms with Crippen molar-refractivity contribution in [3.05, 3.63) is 36.7 Å². The second kappa shape index (κ2) is 4.88. The Bertz CT molecular complexity index is 583. The van der Waals surface area contributed by atoms with E-state index >= 15 is 0 Å². The fourth-order valence-corrected chi connectivity index (χ4v) is 3.27. The number of sulfonamides is 1. The Morgan fingerprint density at radius 1 is 1.56 bits per heavy atom. The fourth-order valence-electron chi connectivity index (χ4n) is 1.67. The molecule has 1 heterocycles. The summed E-state index contributed by atoms with van der Waals surface area (Å²) < 4.78 is 26.2. The van der Waals surface area contributed by atoms with Crippen LogP contribution in [0.4, 0.5) is 0 Å². The first-order valence-electron chi connectivity index (χ1n) is 5.58. The molecule has 0 saturated heterocycles. The molecule has 1 aromatic rings. The molecule has 2 rings (SSSR count). The van der Waals surface area contributed by atoms with Gasteiger partial charge < -0.3 is 0 Å². The van der Waals surface area contributed by atoms with Gasteiger partial charge in [-0.3, -0.25) is 0 Å². The van der Waals surface area contributed by atoms with E-state index in [0.29, 0.717) is 6.54 Å². The normalized spacial score (nSPS) is 15.3. The summed E-state index contributed by atoms with van der Waals surface area (Å²) >= 11 is 0. The number of hydrogen-bond donors (Lipinski definition) is 0. The molecule has 0 atom stereocenters. The summed E-state index contributed by atoms with van der Waals surface area (Å²) in [6.07, 6.45) is 4.58. The van der Waals surface area contributed by atoms with Gasteiger partial charge in [0.25, 0.3) is 0 Å². The van der Waals surface area contributed by atoms with Crippen molar-refractivity contribution < 1.29 is 8.42 Å². The zero-order chi connectivity index (χ0) is 13.2. The molecular formula is C12H13N3O2S. The molecule has 1 fully saturated rings. The van der Waals surface area contributed by atoms with Gasteiger partial charge in [0.05, 0.1) is 0 Å². The van der Waals surface area contributed by atoms with Crippen molar-refractivity contribution in [2.24, 2.45) is 0 Å². The van der Waals surface area contributed by atoms with E-state index in [2.05, 4.69) is 11.6 Å². The molecule has 0 aliphatic heterocycles. The lowest BCUT2D eigenvalue weighted by Crippen LogP contribution is -2.33. The van der Waals surface area contributed by atoms with Crippen LogP contribution >= 0.6 is 0 Å². The maximum atomic E-state index is 12.4.